The number of benzene rings is 1. The monoisotopic (exact) mass is 294 g/mol. The Balaban J connectivity index is 2.66. The highest BCUT2D eigenvalue weighted by molar-refractivity contribution is 7.98. The average Bonchev–Trinajstić information content (AvgIpc) is 2.95. The third kappa shape index (κ3) is 2.42. The number of ether oxygens (including phenoxy) is 2. The van der Waals surface area contributed by atoms with Crippen LogP contribution in [0.5, 0.6) is 11.5 Å². The molecule has 0 aliphatic carbocycles. The molecule has 1 aromatic heterocycles. The van der Waals surface area contributed by atoms with Gasteiger partial charge in [-0.3, -0.25) is 4.79 Å². The second kappa shape index (κ2) is 5.83. The van der Waals surface area contributed by atoms with Gasteiger partial charge in [0.2, 0.25) is 0 Å². The van der Waals surface area contributed by atoms with Crippen molar-refractivity contribution >= 4 is 17.7 Å². The van der Waals surface area contributed by atoms with Crippen molar-refractivity contribution in [2.24, 2.45) is 5.73 Å². The van der Waals surface area contributed by atoms with Crippen LogP contribution in [-0.4, -0.2) is 41.8 Å². The Morgan fingerprint density at radius 3 is 2.50 bits per heavy atom. The number of aromatic amines is 1. The summed E-state index contributed by atoms with van der Waals surface area (Å²) in [5.41, 5.74) is 6.26. The molecule has 1 aromatic carbocycles. The van der Waals surface area contributed by atoms with Gasteiger partial charge in [0.15, 0.2) is 5.69 Å². The topological polar surface area (TPSA) is 103 Å². The average molecular weight is 294 g/mol. The van der Waals surface area contributed by atoms with Gasteiger partial charge < -0.3 is 15.2 Å². The summed E-state index contributed by atoms with van der Waals surface area (Å²) in [5, 5.41) is 10.1. The number of aromatic nitrogens is 3. The molecule has 106 valence electrons. The first-order valence-electron chi connectivity index (χ1n) is 5.63. The number of hydrogen-bond acceptors (Lipinski definition) is 6. The molecule has 0 atom stereocenters. The number of carbonyl (C=O) groups excluding carboxylic acids is 1. The van der Waals surface area contributed by atoms with Crippen LogP contribution in [0.15, 0.2) is 17.0 Å². The molecule has 0 saturated heterocycles. The minimum Gasteiger partial charge on any atom is -0.496 e. The van der Waals surface area contributed by atoms with Crippen molar-refractivity contribution in [3.63, 3.8) is 0 Å². The molecule has 0 fully saturated rings. The Morgan fingerprint density at radius 1 is 1.25 bits per heavy atom. The van der Waals surface area contributed by atoms with Crippen LogP contribution in [0.3, 0.4) is 0 Å². The van der Waals surface area contributed by atoms with Crippen molar-refractivity contribution in [3.05, 3.63) is 17.8 Å². The van der Waals surface area contributed by atoms with Crippen LogP contribution in [-0.2, 0) is 0 Å². The summed E-state index contributed by atoms with van der Waals surface area (Å²) >= 11 is 1.53. The van der Waals surface area contributed by atoms with Crippen LogP contribution in [0.4, 0.5) is 0 Å². The maximum absolute atomic E-state index is 11.4. The van der Waals surface area contributed by atoms with E-state index in [9.17, 15) is 4.79 Å². The zero-order chi connectivity index (χ0) is 14.7. The van der Waals surface area contributed by atoms with E-state index in [-0.39, 0.29) is 5.69 Å². The van der Waals surface area contributed by atoms with Crippen LogP contribution in [0.2, 0.25) is 0 Å². The molecule has 1 heterocycles. The standard InChI is InChI=1S/C12H14N4O3S/c1-18-7-5-9(20-3)8(19-2)4-6(7)10-11(12(13)17)15-16-14-10/h4-5H,1-3H3,(H2,13,17)(H,14,15,16). The van der Waals surface area contributed by atoms with Crippen LogP contribution < -0.4 is 15.2 Å². The van der Waals surface area contributed by atoms with Gasteiger partial charge in [-0.05, 0) is 18.4 Å². The molecule has 20 heavy (non-hydrogen) atoms. The molecule has 2 aromatic rings. The highest BCUT2D eigenvalue weighted by Gasteiger charge is 2.20. The third-order valence-electron chi connectivity index (χ3n) is 2.74. The molecule has 0 bridgehead atoms. The summed E-state index contributed by atoms with van der Waals surface area (Å²) in [6, 6.07) is 3.56. The predicted octanol–water partition coefficient (Wildman–Crippen LogP) is 1.31. The van der Waals surface area contributed by atoms with E-state index in [4.69, 9.17) is 15.2 Å². The van der Waals surface area contributed by atoms with E-state index in [1.165, 1.54) is 11.8 Å². The number of methoxy groups -OCH3 is 2. The number of nitrogens with two attached hydrogens (primary N) is 1. The fourth-order valence-corrected chi connectivity index (χ4v) is 2.37. The number of carbonyl (C=O) groups is 1. The number of nitrogens with zero attached hydrogens (tertiary/aromatic N) is 2. The zero-order valence-electron chi connectivity index (χ0n) is 11.3. The van der Waals surface area contributed by atoms with Crippen molar-refractivity contribution in [2.75, 3.05) is 20.5 Å². The first-order valence-corrected chi connectivity index (χ1v) is 6.85. The summed E-state index contributed by atoms with van der Waals surface area (Å²) in [6.07, 6.45) is 1.93. The van der Waals surface area contributed by atoms with E-state index in [1.807, 2.05) is 12.3 Å². The first-order chi connectivity index (χ1) is 9.62. The van der Waals surface area contributed by atoms with E-state index in [0.717, 1.165) is 4.90 Å². The Labute approximate surface area is 119 Å². The van der Waals surface area contributed by atoms with Crippen molar-refractivity contribution < 1.29 is 14.3 Å². The molecule has 2 rings (SSSR count). The van der Waals surface area contributed by atoms with E-state index in [1.54, 1.807) is 20.3 Å². The van der Waals surface area contributed by atoms with Crippen LogP contribution >= 0.6 is 11.8 Å². The lowest BCUT2D eigenvalue weighted by atomic mass is 10.1. The first kappa shape index (κ1) is 14.2. The number of primary amides is 1. The van der Waals surface area contributed by atoms with Gasteiger partial charge in [-0.1, -0.05) is 0 Å². The fraction of sp³-hybridized carbons (Fsp3) is 0.250. The molecule has 3 N–H and O–H groups in total. The molecule has 0 aliphatic rings. The van der Waals surface area contributed by atoms with E-state index in [0.29, 0.717) is 22.8 Å². The van der Waals surface area contributed by atoms with E-state index in [2.05, 4.69) is 15.4 Å². The number of rotatable bonds is 5. The lowest BCUT2D eigenvalue weighted by molar-refractivity contribution is 0.0996. The largest absolute Gasteiger partial charge is 0.496 e. The number of amides is 1. The summed E-state index contributed by atoms with van der Waals surface area (Å²) in [5.74, 6) is 0.557. The second-order valence-corrected chi connectivity index (χ2v) is 4.64. The van der Waals surface area contributed by atoms with Crippen molar-refractivity contribution in [2.45, 2.75) is 4.90 Å². The van der Waals surface area contributed by atoms with E-state index >= 15 is 0 Å². The maximum Gasteiger partial charge on any atom is 0.271 e. The minimum atomic E-state index is -0.663. The van der Waals surface area contributed by atoms with Gasteiger partial charge in [-0.25, -0.2) is 0 Å². The zero-order valence-corrected chi connectivity index (χ0v) is 12.1. The second-order valence-electron chi connectivity index (χ2n) is 3.79. The summed E-state index contributed by atoms with van der Waals surface area (Å²) in [4.78, 5) is 12.3. The van der Waals surface area contributed by atoms with Gasteiger partial charge in [0, 0.05) is 0 Å². The maximum atomic E-state index is 11.4. The van der Waals surface area contributed by atoms with Gasteiger partial charge >= 0.3 is 0 Å². The molecule has 0 aliphatic heterocycles. The van der Waals surface area contributed by atoms with Crippen LogP contribution in [0.1, 0.15) is 10.5 Å². The normalized spacial score (nSPS) is 10.3. The van der Waals surface area contributed by atoms with Gasteiger partial charge in [0.25, 0.3) is 5.91 Å². The molecule has 8 heteroatoms. The molecule has 7 nitrogen and oxygen atoms in total. The number of nitrogens with one attached hydrogen (secondary N) is 1. The van der Waals surface area contributed by atoms with Crippen LogP contribution in [0.25, 0.3) is 11.3 Å². The number of H-pyrrole nitrogens is 1. The quantitative estimate of drug-likeness (QED) is 0.806. The van der Waals surface area contributed by atoms with Crippen molar-refractivity contribution in [1.29, 1.82) is 0 Å². The van der Waals surface area contributed by atoms with E-state index < -0.39 is 5.91 Å². The summed E-state index contributed by atoms with van der Waals surface area (Å²) in [7, 11) is 3.11. The lowest BCUT2D eigenvalue weighted by Crippen LogP contribution is -2.13. The van der Waals surface area contributed by atoms with Gasteiger partial charge in [0.05, 0.1) is 24.7 Å². The molecule has 0 spiro atoms. The molecule has 0 unspecified atom stereocenters. The van der Waals surface area contributed by atoms with Crippen molar-refractivity contribution in [1.82, 2.24) is 15.4 Å². The summed E-state index contributed by atoms with van der Waals surface area (Å²) < 4.78 is 10.7. The van der Waals surface area contributed by atoms with Crippen molar-refractivity contribution in [3.8, 4) is 22.8 Å². The predicted molar refractivity (Wildman–Crippen MR) is 75.2 cm³/mol. The minimum absolute atomic E-state index is 0.0576. The molecular weight excluding hydrogens is 280 g/mol. The molecule has 1 amide bonds. The highest BCUT2D eigenvalue weighted by Crippen LogP contribution is 2.39. The Hall–Kier alpha value is -2.22. The van der Waals surface area contributed by atoms with Gasteiger partial charge in [-0.2, -0.15) is 15.4 Å². The third-order valence-corrected chi connectivity index (χ3v) is 3.50. The van der Waals surface area contributed by atoms with Gasteiger partial charge in [-0.15, -0.1) is 11.8 Å². The fourth-order valence-electron chi connectivity index (χ4n) is 1.80. The number of hydrogen-bond donors (Lipinski definition) is 2. The Kier molecular flexibility index (Phi) is 4.14. The van der Waals surface area contributed by atoms with Crippen LogP contribution in [0, 0.1) is 0 Å². The molecular formula is C12H14N4O3S. The molecule has 0 saturated carbocycles. The highest BCUT2D eigenvalue weighted by atomic mass is 32.2. The Bertz CT molecular complexity index is 642. The molecule has 0 radical (unpaired) electrons. The summed E-state index contributed by atoms with van der Waals surface area (Å²) in [6.45, 7) is 0. The smallest absolute Gasteiger partial charge is 0.271 e. The van der Waals surface area contributed by atoms with Gasteiger partial charge in [0.1, 0.15) is 17.2 Å². The SMILES string of the molecule is COc1cc(-c2n[nH]nc2C(N)=O)c(OC)cc1SC. The lowest BCUT2D eigenvalue weighted by Gasteiger charge is -2.12. The number of thioether (sulfide) groups is 1. The Morgan fingerprint density at radius 2 is 1.95 bits per heavy atom.